The maximum Gasteiger partial charge on any atom is 0.0625 e. The summed E-state index contributed by atoms with van der Waals surface area (Å²) in [7, 11) is 1.99. The highest BCUT2D eigenvalue weighted by Crippen LogP contribution is 2.07. The lowest BCUT2D eigenvalue weighted by molar-refractivity contribution is 0.423. The number of hydrogen-bond acceptors (Lipinski definition) is 2. The van der Waals surface area contributed by atoms with Gasteiger partial charge in [0.2, 0.25) is 0 Å². The first kappa shape index (κ1) is 13.5. The fourth-order valence-electron chi connectivity index (χ4n) is 1.61. The van der Waals surface area contributed by atoms with Gasteiger partial charge in [-0.15, -0.1) is 11.6 Å². The molecule has 1 aromatic heterocycles. The number of aromatic nitrogens is 2. The number of alkyl halides is 1. The predicted octanol–water partition coefficient (Wildman–Crippen LogP) is 2.34. The van der Waals surface area contributed by atoms with Crippen LogP contribution in [0.5, 0.6) is 0 Å². The maximum absolute atomic E-state index is 5.92. The summed E-state index contributed by atoms with van der Waals surface area (Å²) in [6.45, 7) is 7.32. The number of halogens is 1. The van der Waals surface area contributed by atoms with E-state index in [2.05, 4.69) is 37.3 Å². The van der Waals surface area contributed by atoms with Crippen molar-refractivity contribution < 1.29 is 0 Å². The summed E-state index contributed by atoms with van der Waals surface area (Å²) in [5, 5.41) is 7.89. The van der Waals surface area contributed by atoms with Crippen LogP contribution in [0.25, 0.3) is 0 Å². The van der Waals surface area contributed by atoms with Crippen molar-refractivity contribution in [2.24, 2.45) is 13.0 Å². The first-order valence-corrected chi connectivity index (χ1v) is 6.43. The van der Waals surface area contributed by atoms with Gasteiger partial charge in [-0.25, -0.2) is 0 Å². The molecule has 16 heavy (non-hydrogen) atoms. The summed E-state index contributed by atoms with van der Waals surface area (Å²) in [6.07, 6.45) is 0.983. The Bertz CT molecular complexity index is 320. The molecule has 0 amide bonds. The Balaban J connectivity index is 2.56. The summed E-state index contributed by atoms with van der Waals surface area (Å²) in [6, 6.07) is 2.51. The van der Waals surface area contributed by atoms with Crippen molar-refractivity contribution in [2.75, 3.05) is 5.88 Å². The van der Waals surface area contributed by atoms with E-state index in [0.29, 0.717) is 17.8 Å². The third-order valence-electron chi connectivity index (χ3n) is 2.91. The van der Waals surface area contributed by atoms with E-state index in [9.17, 15) is 0 Å². The van der Waals surface area contributed by atoms with Gasteiger partial charge in [0.1, 0.15) is 0 Å². The second kappa shape index (κ2) is 6.26. The summed E-state index contributed by atoms with van der Waals surface area (Å²) in [5.74, 6) is 1.20. The van der Waals surface area contributed by atoms with Gasteiger partial charge >= 0.3 is 0 Å². The van der Waals surface area contributed by atoms with Crippen molar-refractivity contribution in [1.82, 2.24) is 15.1 Å². The third kappa shape index (κ3) is 3.49. The van der Waals surface area contributed by atoms with Crippen LogP contribution in [0, 0.1) is 5.92 Å². The summed E-state index contributed by atoms with van der Waals surface area (Å²) in [5.41, 5.74) is 2.36. The van der Waals surface area contributed by atoms with Gasteiger partial charge in [0.25, 0.3) is 0 Å². The minimum absolute atomic E-state index is 0.363. The van der Waals surface area contributed by atoms with E-state index in [4.69, 9.17) is 11.6 Å². The van der Waals surface area contributed by atoms with E-state index in [0.717, 1.165) is 18.7 Å². The Morgan fingerprint density at radius 3 is 2.62 bits per heavy atom. The maximum atomic E-state index is 5.92. The molecule has 1 heterocycles. The molecule has 0 aliphatic carbocycles. The normalized spacial score (nSPS) is 13.4. The Kier molecular flexibility index (Phi) is 5.29. The zero-order valence-corrected chi connectivity index (χ0v) is 11.4. The van der Waals surface area contributed by atoms with E-state index in [-0.39, 0.29) is 0 Å². The van der Waals surface area contributed by atoms with Crippen LogP contribution in [0.2, 0.25) is 0 Å². The Morgan fingerprint density at radius 2 is 2.19 bits per heavy atom. The highest BCUT2D eigenvalue weighted by molar-refractivity contribution is 6.18. The van der Waals surface area contributed by atoms with E-state index in [1.165, 1.54) is 5.69 Å². The number of rotatable bonds is 6. The van der Waals surface area contributed by atoms with Gasteiger partial charge in [-0.1, -0.05) is 20.8 Å². The number of nitrogens with zero attached hydrogens (tertiary/aromatic N) is 2. The van der Waals surface area contributed by atoms with Crippen molar-refractivity contribution >= 4 is 11.6 Å². The van der Waals surface area contributed by atoms with Crippen LogP contribution in [0.15, 0.2) is 6.07 Å². The Hall–Kier alpha value is -0.540. The standard InChI is InChI=1S/C12H22ClN3/c1-5-10-6-11(16(4)15-10)8-14-12(7-13)9(2)3/h6,9,12,14H,5,7-8H2,1-4H3. The lowest BCUT2D eigenvalue weighted by Crippen LogP contribution is -2.35. The second-order valence-electron chi connectivity index (χ2n) is 4.49. The molecule has 0 aliphatic rings. The number of hydrogen-bond donors (Lipinski definition) is 1. The first-order chi connectivity index (χ1) is 7.58. The molecule has 0 spiro atoms. The van der Waals surface area contributed by atoms with Gasteiger partial charge < -0.3 is 5.32 Å². The van der Waals surface area contributed by atoms with E-state index in [1.54, 1.807) is 0 Å². The topological polar surface area (TPSA) is 29.9 Å². The van der Waals surface area contributed by atoms with Gasteiger partial charge in [-0.2, -0.15) is 5.10 Å². The fraction of sp³-hybridized carbons (Fsp3) is 0.750. The Labute approximate surface area is 103 Å². The SMILES string of the molecule is CCc1cc(CNC(CCl)C(C)C)n(C)n1. The molecule has 0 saturated heterocycles. The molecule has 0 fully saturated rings. The van der Waals surface area contributed by atoms with Crippen LogP contribution >= 0.6 is 11.6 Å². The van der Waals surface area contributed by atoms with Crippen LogP contribution in [0.4, 0.5) is 0 Å². The lowest BCUT2D eigenvalue weighted by Gasteiger charge is -2.19. The van der Waals surface area contributed by atoms with Crippen LogP contribution in [-0.4, -0.2) is 21.7 Å². The second-order valence-corrected chi connectivity index (χ2v) is 4.80. The quantitative estimate of drug-likeness (QED) is 0.778. The van der Waals surface area contributed by atoms with Crippen molar-refractivity contribution in [2.45, 2.75) is 39.8 Å². The van der Waals surface area contributed by atoms with Crippen LogP contribution in [-0.2, 0) is 20.0 Å². The number of aryl methyl sites for hydroxylation is 2. The molecule has 92 valence electrons. The molecule has 0 radical (unpaired) electrons. The monoisotopic (exact) mass is 243 g/mol. The highest BCUT2D eigenvalue weighted by Gasteiger charge is 2.12. The van der Waals surface area contributed by atoms with Gasteiger partial charge in [-0.05, 0) is 18.4 Å². The fourth-order valence-corrected chi connectivity index (χ4v) is 2.08. The molecule has 4 heteroatoms. The molecule has 0 bridgehead atoms. The van der Waals surface area contributed by atoms with E-state index >= 15 is 0 Å². The molecule has 0 saturated carbocycles. The average Bonchev–Trinajstić information content (AvgIpc) is 2.60. The van der Waals surface area contributed by atoms with Gasteiger partial charge in [0.05, 0.1) is 11.4 Å². The zero-order chi connectivity index (χ0) is 12.1. The summed E-state index contributed by atoms with van der Waals surface area (Å²) >= 11 is 5.92. The van der Waals surface area contributed by atoms with Crippen LogP contribution < -0.4 is 5.32 Å². The molecule has 1 N–H and O–H groups in total. The summed E-state index contributed by atoms with van der Waals surface area (Å²) < 4.78 is 1.94. The minimum Gasteiger partial charge on any atom is -0.307 e. The average molecular weight is 244 g/mol. The zero-order valence-electron chi connectivity index (χ0n) is 10.6. The van der Waals surface area contributed by atoms with Crippen molar-refractivity contribution in [3.63, 3.8) is 0 Å². The van der Waals surface area contributed by atoms with Crippen LogP contribution in [0.3, 0.4) is 0 Å². The van der Waals surface area contributed by atoms with Crippen molar-refractivity contribution in [3.05, 3.63) is 17.5 Å². The lowest BCUT2D eigenvalue weighted by atomic mass is 10.1. The third-order valence-corrected chi connectivity index (χ3v) is 3.24. The molecule has 1 aromatic rings. The van der Waals surface area contributed by atoms with E-state index < -0.39 is 0 Å². The summed E-state index contributed by atoms with van der Waals surface area (Å²) in [4.78, 5) is 0. The van der Waals surface area contributed by atoms with Gasteiger partial charge in [-0.3, -0.25) is 4.68 Å². The number of nitrogens with one attached hydrogen (secondary N) is 1. The Morgan fingerprint density at radius 1 is 1.50 bits per heavy atom. The predicted molar refractivity (Wildman–Crippen MR) is 68.8 cm³/mol. The largest absolute Gasteiger partial charge is 0.307 e. The minimum atomic E-state index is 0.363. The van der Waals surface area contributed by atoms with Gasteiger partial charge in [0, 0.05) is 25.5 Å². The van der Waals surface area contributed by atoms with Crippen LogP contribution in [0.1, 0.15) is 32.2 Å². The smallest absolute Gasteiger partial charge is 0.0625 e. The first-order valence-electron chi connectivity index (χ1n) is 5.89. The highest BCUT2D eigenvalue weighted by atomic mass is 35.5. The van der Waals surface area contributed by atoms with Gasteiger partial charge in [0.15, 0.2) is 0 Å². The molecule has 0 aliphatic heterocycles. The molecular formula is C12H22ClN3. The molecule has 0 aromatic carbocycles. The molecule has 1 rings (SSSR count). The molecular weight excluding hydrogens is 222 g/mol. The molecule has 1 atom stereocenters. The van der Waals surface area contributed by atoms with E-state index in [1.807, 2.05) is 11.7 Å². The molecule has 3 nitrogen and oxygen atoms in total. The van der Waals surface area contributed by atoms with Crippen molar-refractivity contribution in [3.8, 4) is 0 Å². The van der Waals surface area contributed by atoms with Crippen molar-refractivity contribution in [1.29, 1.82) is 0 Å². The molecule has 1 unspecified atom stereocenters.